The van der Waals surface area contributed by atoms with Crippen molar-refractivity contribution in [2.45, 2.75) is 72.1 Å². The van der Waals surface area contributed by atoms with Crippen molar-refractivity contribution in [1.29, 1.82) is 0 Å². The highest BCUT2D eigenvalue weighted by atomic mass is 16.5. The summed E-state index contributed by atoms with van der Waals surface area (Å²) in [7, 11) is 4.67. The van der Waals surface area contributed by atoms with Crippen LogP contribution in [0.1, 0.15) is 70.1 Å². The second-order valence-electron chi connectivity index (χ2n) is 12.7. The fourth-order valence-corrected chi connectivity index (χ4v) is 6.60. The van der Waals surface area contributed by atoms with Crippen molar-refractivity contribution in [3.05, 3.63) is 75.7 Å². The molecule has 3 N–H and O–H groups in total. The molecule has 1 heterocycles. The number of imidazole rings is 1. The van der Waals surface area contributed by atoms with Gasteiger partial charge in [-0.3, -0.25) is 14.4 Å². The molecule has 0 aliphatic heterocycles. The van der Waals surface area contributed by atoms with Crippen LogP contribution in [0.15, 0.2) is 53.3 Å². The van der Waals surface area contributed by atoms with E-state index in [1.165, 1.54) is 6.92 Å². The molecule has 3 aromatic carbocycles. The topological polar surface area (TPSA) is 133 Å². The number of amides is 2. The summed E-state index contributed by atoms with van der Waals surface area (Å²) in [5.74, 6) is 1.56. The molecule has 0 fully saturated rings. The third-order valence-corrected chi connectivity index (χ3v) is 8.78. The molecule has 0 spiro atoms. The minimum Gasteiger partial charge on any atom is -0.493 e. The van der Waals surface area contributed by atoms with E-state index in [-0.39, 0.29) is 41.4 Å². The van der Waals surface area contributed by atoms with Gasteiger partial charge < -0.3 is 34.7 Å². The summed E-state index contributed by atoms with van der Waals surface area (Å²) in [6.07, 6.45) is 1.14. The van der Waals surface area contributed by atoms with Gasteiger partial charge in [0.05, 0.1) is 50.6 Å². The Bertz CT molecular complexity index is 1900. The maximum atomic E-state index is 13.9. The van der Waals surface area contributed by atoms with Crippen LogP contribution in [-0.2, 0) is 22.6 Å². The Kier molecular flexibility index (Phi) is 10.3. The van der Waals surface area contributed by atoms with Gasteiger partial charge in [-0.05, 0) is 79.6 Å². The summed E-state index contributed by atoms with van der Waals surface area (Å²) in [5.41, 5.74) is 4.86. The maximum absolute atomic E-state index is 13.9. The summed E-state index contributed by atoms with van der Waals surface area (Å²) < 4.78 is 19.3. The molecule has 48 heavy (non-hydrogen) atoms. The minimum atomic E-state index is -0.714. The van der Waals surface area contributed by atoms with Crippen molar-refractivity contribution >= 4 is 28.5 Å². The number of hydrogen-bond donors (Lipinski definition) is 3. The van der Waals surface area contributed by atoms with Crippen LogP contribution < -0.4 is 35.6 Å². The third-order valence-electron chi connectivity index (χ3n) is 8.78. The van der Waals surface area contributed by atoms with E-state index >= 15 is 0 Å². The molecule has 4 aromatic rings. The average molecular weight is 656 g/mol. The summed E-state index contributed by atoms with van der Waals surface area (Å²) in [5, 5.41) is 9.32. The molecule has 0 saturated heterocycles. The number of fused-ring (bicyclic) bond motifs is 4. The predicted molar refractivity (Wildman–Crippen MR) is 187 cm³/mol. The molecule has 11 heteroatoms. The van der Waals surface area contributed by atoms with Gasteiger partial charge in [-0.15, -0.1) is 0 Å². The van der Waals surface area contributed by atoms with Crippen molar-refractivity contribution in [1.82, 2.24) is 20.2 Å². The molecule has 1 aromatic heterocycles. The number of para-hydroxylation sites is 2. The molecule has 2 amide bonds. The Hall–Kier alpha value is -5.06. The number of aromatic nitrogens is 2. The molecule has 0 bridgehead atoms. The largest absolute Gasteiger partial charge is 0.493 e. The number of carbonyl (C=O) groups is 2. The first-order valence-corrected chi connectivity index (χ1v) is 16.3. The lowest BCUT2D eigenvalue weighted by molar-refractivity contribution is -0.123. The van der Waals surface area contributed by atoms with Crippen LogP contribution in [0.5, 0.6) is 17.2 Å². The van der Waals surface area contributed by atoms with Crippen LogP contribution >= 0.6 is 0 Å². The lowest BCUT2D eigenvalue weighted by Gasteiger charge is -2.22. The fraction of sp³-hybridized carbons (Fsp3) is 0.405. The third kappa shape index (κ3) is 6.67. The van der Waals surface area contributed by atoms with Crippen LogP contribution in [0.2, 0.25) is 0 Å². The molecule has 1 aliphatic rings. The zero-order chi connectivity index (χ0) is 34.7. The minimum absolute atomic E-state index is 0.150. The summed E-state index contributed by atoms with van der Waals surface area (Å²) in [4.78, 5) is 44.7. The van der Waals surface area contributed by atoms with Gasteiger partial charge in [0.1, 0.15) is 11.9 Å². The molecule has 2 unspecified atom stereocenters. The van der Waals surface area contributed by atoms with E-state index in [1.807, 2.05) is 50.2 Å². The normalized spacial score (nSPS) is 14.5. The lowest BCUT2D eigenvalue weighted by Crippen LogP contribution is -2.43. The van der Waals surface area contributed by atoms with Gasteiger partial charge in [-0.25, -0.2) is 4.98 Å². The smallest absolute Gasteiger partial charge is 0.243 e. The zero-order valence-electron chi connectivity index (χ0n) is 28.9. The molecule has 11 nitrogen and oxygen atoms in total. The van der Waals surface area contributed by atoms with Crippen LogP contribution in [0.3, 0.4) is 0 Å². The van der Waals surface area contributed by atoms with E-state index in [1.54, 1.807) is 33.5 Å². The monoisotopic (exact) mass is 655 g/mol. The van der Waals surface area contributed by atoms with Gasteiger partial charge in [0.25, 0.3) is 0 Å². The molecular formula is C37H45N5O6. The van der Waals surface area contributed by atoms with Crippen LogP contribution in [0.25, 0.3) is 22.2 Å². The Morgan fingerprint density at radius 1 is 0.979 bits per heavy atom. The van der Waals surface area contributed by atoms with Crippen LogP contribution in [0.4, 0.5) is 5.69 Å². The highest BCUT2D eigenvalue weighted by Gasteiger charge is 2.30. The number of aryl methyl sites for hydroxylation is 1. The highest BCUT2D eigenvalue weighted by Crippen LogP contribution is 2.50. The zero-order valence-corrected chi connectivity index (χ0v) is 28.9. The first-order valence-electron chi connectivity index (χ1n) is 16.3. The number of hydrogen-bond acceptors (Lipinski definition) is 8. The Morgan fingerprint density at radius 2 is 1.71 bits per heavy atom. The number of nitrogens with one attached hydrogen (secondary N) is 3. The summed E-state index contributed by atoms with van der Waals surface area (Å²) in [6, 6.07) is 13.9. The Labute approximate surface area is 281 Å². The lowest BCUT2D eigenvalue weighted by atomic mass is 9.95. The highest BCUT2D eigenvalue weighted by molar-refractivity contribution is 5.86. The maximum Gasteiger partial charge on any atom is 0.243 e. The predicted octanol–water partition coefficient (Wildman–Crippen LogP) is 5.55. The van der Waals surface area contributed by atoms with Gasteiger partial charge in [-0.2, -0.15) is 0 Å². The first kappa shape index (κ1) is 34.3. The van der Waals surface area contributed by atoms with E-state index in [0.717, 1.165) is 28.0 Å². The fourth-order valence-electron chi connectivity index (χ4n) is 6.60. The second-order valence-corrected chi connectivity index (χ2v) is 12.7. The molecule has 5 rings (SSSR count). The number of benzene rings is 2. The number of nitrogens with zero attached hydrogens (tertiary/aromatic N) is 2. The van der Waals surface area contributed by atoms with Gasteiger partial charge in [-0.1, -0.05) is 32.0 Å². The first-order chi connectivity index (χ1) is 23.0. The van der Waals surface area contributed by atoms with Gasteiger partial charge in [0.2, 0.25) is 23.0 Å². The van der Waals surface area contributed by atoms with E-state index < -0.39 is 12.1 Å². The Balaban J connectivity index is 1.53. The van der Waals surface area contributed by atoms with Crippen molar-refractivity contribution in [3.8, 4) is 28.4 Å². The molecule has 2 atom stereocenters. The number of ether oxygens (including phenoxy) is 3. The SMILES string of the molecule is COc1cc2c(c(OC)c1OC)-c1ccc(NC(C(=O)NCc3nc4ccccc4n3C(C)C)C(C)C)c(=O)cc1C(NC(C)=O)CC2. The number of carbonyl (C=O) groups excluding carboxylic acids is 2. The Morgan fingerprint density at radius 3 is 2.35 bits per heavy atom. The van der Waals surface area contributed by atoms with Crippen molar-refractivity contribution in [3.63, 3.8) is 0 Å². The van der Waals surface area contributed by atoms with Gasteiger partial charge in [0, 0.05) is 18.5 Å². The summed E-state index contributed by atoms with van der Waals surface area (Å²) in [6.45, 7) is 9.72. The second kappa shape index (κ2) is 14.4. The molecule has 1 aliphatic carbocycles. The van der Waals surface area contributed by atoms with Crippen LogP contribution in [0, 0.1) is 5.92 Å². The van der Waals surface area contributed by atoms with Gasteiger partial charge in [0.15, 0.2) is 11.5 Å². The van der Waals surface area contributed by atoms with Crippen LogP contribution in [-0.4, -0.2) is 48.7 Å². The van der Waals surface area contributed by atoms with Crippen molar-refractivity contribution in [2.75, 3.05) is 26.6 Å². The van der Waals surface area contributed by atoms with Gasteiger partial charge >= 0.3 is 0 Å². The molecular weight excluding hydrogens is 610 g/mol. The molecule has 0 radical (unpaired) electrons. The van der Waals surface area contributed by atoms with E-state index in [0.29, 0.717) is 41.2 Å². The quantitative estimate of drug-likeness (QED) is 0.192. The summed E-state index contributed by atoms with van der Waals surface area (Å²) >= 11 is 0. The standard InChI is InChI=1S/C37H45N5O6/c1-20(2)34(37(45)38-19-32-40-27-11-9-10-12-29(27)42(32)21(3)4)41-28-16-14-24-25(18-30(28)44)26(39-22(5)43)15-13-23-17-31(46-6)35(47-7)36(48-8)33(23)24/h9-12,14,16-18,20-21,26,34H,13,15,19H2,1-8H3,(H,38,45)(H,39,43)(H,41,44). The molecule has 254 valence electrons. The van der Waals surface area contributed by atoms with E-state index in [4.69, 9.17) is 19.2 Å². The number of anilines is 1. The average Bonchev–Trinajstić information content (AvgIpc) is 3.28. The molecule has 0 saturated carbocycles. The van der Waals surface area contributed by atoms with E-state index in [2.05, 4.69) is 34.4 Å². The van der Waals surface area contributed by atoms with E-state index in [9.17, 15) is 14.4 Å². The number of methoxy groups -OCH3 is 3. The van der Waals surface area contributed by atoms with Crippen molar-refractivity contribution in [2.24, 2.45) is 5.92 Å². The van der Waals surface area contributed by atoms with Crippen molar-refractivity contribution < 1.29 is 23.8 Å². The number of rotatable bonds is 11.